The molecule has 0 saturated heterocycles. The molecule has 3 nitrogen and oxygen atoms in total. The van der Waals surface area contributed by atoms with Crippen molar-refractivity contribution in [1.29, 1.82) is 0 Å². The lowest BCUT2D eigenvalue weighted by Gasteiger charge is -2.35. The van der Waals surface area contributed by atoms with Gasteiger partial charge < -0.3 is 14.0 Å². The second-order valence-electron chi connectivity index (χ2n) is 13.6. The predicted molar refractivity (Wildman–Crippen MR) is 215 cm³/mol. The van der Waals surface area contributed by atoms with Gasteiger partial charge in [-0.2, -0.15) is 0 Å². The van der Waals surface area contributed by atoms with E-state index in [0.29, 0.717) is 0 Å². The Labute approximate surface area is 302 Å². The van der Waals surface area contributed by atoms with Gasteiger partial charge in [0.05, 0.1) is 11.0 Å². The molecule has 0 bridgehead atoms. The second kappa shape index (κ2) is 11.4. The minimum absolute atomic E-state index is 0.0449. The van der Waals surface area contributed by atoms with Gasteiger partial charge in [-0.3, -0.25) is 0 Å². The number of fused-ring (bicyclic) bond motifs is 7. The van der Waals surface area contributed by atoms with Gasteiger partial charge in [-0.15, -0.1) is 0 Å². The van der Waals surface area contributed by atoms with Crippen molar-refractivity contribution in [2.45, 2.75) is 0 Å². The number of aromatic nitrogens is 1. The summed E-state index contributed by atoms with van der Waals surface area (Å²) in [6.07, 6.45) is 0. The van der Waals surface area contributed by atoms with E-state index in [-0.39, 0.29) is 6.71 Å². The summed E-state index contributed by atoms with van der Waals surface area (Å²) in [6.45, 7) is -0.0449. The Morgan fingerprint density at radius 1 is 0.385 bits per heavy atom. The van der Waals surface area contributed by atoms with Gasteiger partial charge in [0.1, 0.15) is 23.0 Å². The van der Waals surface area contributed by atoms with Crippen LogP contribution in [-0.2, 0) is 0 Å². The Hall–Kier alpha value is -6.78. The highest BCUT2D eigenvalue weighted by Crippen LogP contribution is 2.46. The van der Waals surface area contributed by atoms with Gasteiger partial charge >= 0.3 is 0 Å². The molecule has 0 aliphatic carbocycles. The molecule has 0 spiro atoms. The molecule has 9 aromatic rings. The molecule has 2 aliphatic heterocycles. The van der Waals surface area contributed by atoms with Crippen LogP contribution in [-0.4, -0.2) is 11.3 Å². The van der Waals surface area contributed by atoms with Gasteiger partial charge in [-0.05, 0) is 75.6 Å². The Morgan fingerprint density at radius 3 is 1.56 bits per heavy atom. The monoisotopic (exact) mass is 663 g/mol. The lowest BCUT2D eigenvalue weighted by Crippen LogP contribution is -2.57. The van der Waals surface area contributed by atoms with Crippen molar-refractivity contribution in [1.82, 2.24) is 4.57 Å². The maximum absolute atomic E-state index is 7.07. The van der Waals surface area contributed by atoms with Gasteiger partial charge in [0, 0.05) is 33.0 Å². The fourth-order valence-electron chi connectivity index (χ4n) is 8.37. The molecule has 0 amide bonds. The lowest BCUT2D eigenvalue weighted by atomic mass is 9.34. The molecule has 0 saturated carbocycles. The molecule has 0 N–H and O–H groups in total. The zero-order chi connectivity index (χ0) is 34.2. The quantitative estimate of drug-likeness (QED) is 0.175. The summed E-state index contributed by atoms with van der Waals surface area (Å²) < 4.78 is 16.3. The van der Waals surface area contributed by atoms with Gasteiger partial charge in [0.2, 0.25) is 0 Å². The Morgan fingerprint density at radius 2 is 0.904 bits per heavy atom. The van der Waals surface area contributed by atoms with E-state index in [1.165, 1.54) is 21.8 Å². The SMILES string of the molecule is c1ccc(-c2cc(-c3ccccc3)c3c4c2Oc2ccccc2B4c2ccc(-c4ccc(-n5c6ccccc6c6ccccc65)cc4)cc2O3)cc1. The Bertz CT molecular complexity index is 2790. The molecule has 242 valence electrons. The van der Waals surface area contributed by atoms with Crippen LogP contribution in [0, 0.1) is 0 Å². The Kier molecular flexibility index (Phi) is 6.35. The molecule has 3 heterocycles. The maximum atomic E-state index is 7.07. The molecule has 1 aromatic heterocycles. The summed E-state index contributed by atoms with van der Waals surface area (Å²) in [7, 11) is 0. The van der Waals surface area contributed by atoms with E-state index in [1.807, 2.05) is 0 Å². The van der Waals surface area contributed by atoms with E-state index < -0.39 is 0 Å². The van der Waals surface area contributed by atoms with E-state index in [0.717, 1.165) is 78.5 Å². The first kappa shape index (κ1) is 29.0. The van der Waals surface area contributed by atoms with Crippen LogP contribution >= 0.6 is 0 Å². The first-order chi connectivity index (χ1) is 25.8. The van der Waals surface area contributed by atoms with E-state index in [2.05, 4.69) is 187 Å². The first-order valence-corrected chi connectivity index (χ1v) is 17.8. The number of hydrogen-bond acceptors (Lipinski definition) is 2. The minimum atomic E-state index is -0.0449. The zero-order valence-electron chi connectivity index (χ0n) is 28.2. The molecule has 0 fully saturated rings. The standard InChI is InChI=1S/C48H30BNO2/c1-3-13-32(14-4-1)38-30-39(33-15-5-2-6-16-33)48-46-47(38)51-44-22-12-9-19-40(44)49(46)41-28-25-34(29-45(41)52-48)31-23-26-35(27-24-31)50-42-20-10-7-17-36(42)37-18-8-11-21-43(37)50/h1-30H. The summed E-state index contributed by atoms with van der Waals surface area (Å²) in [5.41, 5.74) is 13.5. The highest BCUT2D eigenvalue weighted by Gasteiger charge is 2.42. The topological polar surface area (TPSA) is 23.4 Å². The summed E-state index contributed by atoms with van der Waals surface area (Å²) in [6, 6.07) is 64.6. The summed E-state index contributed by atoms with van der Waals surface area (Å²) in [5, 5.41) is 2.52. The number of nitrogens with zero attached hydrogens (tertiary/aromatic N) is 1. The number of ether oxygens (including phenoxy) is 2. The van der Waals surface area contributed by atoms with Gasteiger partial charge in [0.25, 0.3) is 6.71 Å². The summed E-state index contributed by atoms with van der Waals surface area (Å²) >= 11 is 0. The molecule has 4 heteroatoms. The molecular formula is C48H30BNO2. The van der Waals surface area contributed by atoms with Crippen LogP contribution in [0.1, 0.15) is 0 Å². The van der Waals surface area contributed by atoms with Crippen LogP contribution in [0.15, 0.2) is 182 Å². The van der Waals surface area contributed by atoms with Crippen molar-refractivity contribution in [2.24, 2.45) is 0 Å². The van der Waals surface area contributed by atoms with E-state index >= 15 is 0 Å². The molecular weight excluding hydrogens is 633 g/mol. The maximum Gasteiger partial charge on any atom is 0.260 e. The fourth-order valence-corrected chi connectivity index (χ4v) is 8.37. The van der Waals surface area contributed by atoms with Crippen LogP contribution in [0.3, 0.4) is 0 Å². The van der Waals surface area contributed by atoms with Gasteiger partial charge in [-0.25, -0.2) is 0 Å². The second-order valence-corrected chi connectivity index (χ2v) is 13.6. The molecule has 11 rings (SSSR count). The molecule has 0 atom stereocenters. The number of para-hydroxylation sites is 3. The third-order valence-electron chi connectivity index (χ3n) is 10.7. The van der Waals surface area contributed by atoms with Crippen molar-refractivity contribution in [3.05, 3.63) is 182 Å². The molecule has 52 heavy (non-hydrogen) atoms. The molecule has 0 unspecified atom stereocenters. The van der Waals surface area contributed by atoms with Crippen LogP contribution in [0.2, 0.25) is 0 Å². The van der Waals surface area contributed by atoms with Gasteiger partial charge in [0.15, 0.2) is 0 Å². The van der Waals surface area contributed by atoms with Crippen LogP contribution < -0.4 is 25.9 Å². The van der Waals surface area contributed by atoms with Crippen molar-refractivity contribution < 1.29 is 9.47 Å². The normalized spacial score (nSPS) is 12.5. The number of rotatable bonds is 4. The largest absolute Gasteiger partial charge is 0.458 e. The zero-order valence-corrected chi connectivity index (χ0v) is 28.2. The van der Waals surface area contributed by atoms with Crippen LogP contribution in [0.25, 0.3) is 60.9 Å². The number of benzene rings is 8. The molecule has 8 aromatic carbocycles. The Balaban J connectivity index is 1.07. The van der Waals surface area contributed by atoms with Crippen molar-refractivity contribution in [3.8, 4) is 62.1 Å². The average molecular weight is 664 g/mol. The highest BCUT2D eigenvalue weighted by atomic mass is 16.5. The first-order valence-electron chi connectivity index (χ1n) is 17.8. The van der Waals surface area contributed by atoms with Crippen molar-refractivity contribution >= 4 is 44.9 Å². The van der Waals surface area contributed by atoms with Gasteiger partial charge in [-0.1, -0.05) is 140 Å². The van der Waals surface area contributed by atoms with E-state index in [9.17, 15) is 0 Å². The van der Waals surface area contributed by atoms with Crippen molar-refractivity contribution in [2.75, 3.05) is 0 Å². The smallest absolute Gasteiger partial charge is 0.260 e. The predicted octanol–water partition coefficient (Wildman–Crippen LogP) is 10.5. The highest BCUT2D eigenvalue weighted by molar-refractivity contribution is 6.98. The van der Waals surface area contributed by atoms with Crippen molar-refractivity contribution in [3.63, 3.8) is 0 Å². The van der Waals surface area contributed by atoms with Crippen LogP contribution in [0.4, 0.5) is 0 Å². The fraction of sp³-hybridized carbons (Fsp3) is 0. The molecule has 0 radical (unpaired) electrons. The minimum Gasteiger partial charge on any atom is -0.458 e. The molecule has 2 aliphatic rings. The average Bonchev–Trinajstić information content (AvgIpc) is 3.55. The summed E-state index contributed by atoms with van der Waals surface area (Å²) in [5.74, 6) is 3.47. The number of hydrogen-bond donors (Lipinski definition) is 0. The van der Waals surface area contributed by atoms with E-state index in [1.54, 1.807) is 0 Å². The lowest BCUT2D eigenvalue weighted by molar-refractivity contribution is 0.467. The third kappa shape index (κ3) is 4.34. The van der Waals surface area contributed by atoms with Crippen LogP contribution in [0.5, 0.6) is 23.0 Å². The summed E-state index contributed by atoms with van der Waals surface area (Å²) in [4.78, 5) is 0. The third-order valence-corrected chi connectivity index (χ3v) is 10.7. The van der Waals surface area contributed by atoms with E-state index in [4.69, 9.17) is 9.47 Å².